The number of rotatable bonds is 4. The van der Waals surface area contributed by atoms with Crippen molar-refractivity contribution >= 4 is 12.2 Å². The number of nitrogens with zero attached hydrogens (tertiary/aromatic N) is 1. The van der Waals surface area contributed by atoms with Crippen molar-refractivity contribution in [3.05, 3.63) is 0 Å². The van der Waals surface area contributed by atoms with Gasteiger partial charge in [-0.15, -0.1) is 0 Å². The fourth-order valence-corrected chi connectivity index (χ4v) is 0.703. The van der Waals surface area contributed by atoms with Gasteiger partial charge in [0.25, 0.3) is 6.23 Å². The summed E-state index contributed by atoms with van der Waals surface area (Å²) in [4.78, 5) is 20.9. The molecule has 4 N–H and O–H groups in total. The molecule has 0 bridgehead atoms. The fourth-order valence-electron chi connectivity index (χ4n) is 0.703. The molecule has 0 aliphatic rings. The first-order valence-electron chi connectivity index (χ1n) is 3.93. The second-order valence-corrected chi connectivity index (χ2v) is 3.64. The molecule has 0 rings (SSSR count). The van der Waals surface area contributed by atoms with E-state index in [9.17, 15) is 9.59 Å². The highest BCUT2D eigenvalue weighted by atomic mass is 35.5. The molecule has 0 aliphatic carbocycles. The van der Waals surface area contributed by atoms with E-state index in [1.165, 1.54) is 0 Å². The fraction of sp³-hybridized carbons (Fsp3) is 0.714. The first kappa shape index (κ1) is 16.2. The molecular weight excluding hydrogens is 226 g/mol. The Morgan fingerprint density at radius 2 is 1.67 bits per heavy atom. The van der Waals surface area contributed by atoms with Crippen molar-refractivity contribution in [3.8, 4) is 0 Å². The number of primary amides is 2. The number of quaternary nitrogens is 1. The van der Waals surface area contributed by atoms with Crippen molar-refractivity contribution in [2.45, 2.75) is 6.23 Å². The summed E-state index contributed by atoms with van der Waals surface area (Å²) in [5.74, 6) is 0. The molecular formula is C7H16ClN3O4. The van der Waals surface area contributed by atoms with E-state index in [1.54, 1.807) is 21.1 Å². The Labute approximate surface area is 94.3 Å². The van der Waals surface area contributed by atoms with Crippen LogP contribution in [0.25, 0.3) is 0 Å². The second-order valence-electron chi connectivity index (χ2n) is 3.64. The first-order chi connectivity index (χ1) is 6.23. The predicted molar refractivity (Wildman–Crippen MR) is 48.0 cm³/mol. The van der Waals surface area contributed by atoms with E-state index in [2.05, 4.69) is 4.74 Å². The summed E-state index contributed by atoms with van der Waals surface area (Å²) in [5.41, 5.74) is 9.63. The Morgan fingerprint density at radius 3 is 1.93 bits per heavy atom. The zero-order chi connectivity index (χ0) is 11.4. The summed E-state index contributed by atoms with van der Waals surface area (Å²) in [6.07, 6.45) is -2.51. The van der Waals surface area contributed by atoms with Crippen molar-refractivity contribution in [1.82, 2.24) is 0 Å². The van der Waals surface area contributed by atoms with Crippen LogP contribution < -0.4 is 23.9 Å². The monoisotopic (exact) mass is 241 g/mol. The number of nitrogens with two attached hydrogens (primary N) is 2. The third kappa shape index (κ3) is 7.83. The van der Waals surface area contributed by atoms with Crippen LogP contribution in [0.2, 0.25) is 0 Å². The number of likely N-dealkylation sites (N-methyl/N-ethyl adjacent to an activating group) is 1. The molecule has 8 heteroatoms. The lowest BCUT2D eigenvalue weighted by Gasteiger charge is -2.31. The summed E-state index contributed by atoms with van der Waals surface area (Å²) in [7, 11) is 5.29. The number of carbonyl (C=O) groups is 2. The Balaban J connectivity index is 0. The van der Waals surface area contributed by atoms with Crippen LogP contribution in [0.15, 0.2) is 0 Å². The van der Waals surface area contributed by atoms with E-state index in [1.807, 2.05) is 0 Å². The molecule has 7 nitrogen and oxygen atoms in total. The second kappa shape index (κ2) is 6.31. The van der Waals surface area contributed by atoms with Gasteiger partial charge in [0.05, 0.1) is 21.1 Å². The van der Waals surface area contributed by atoms with Crippen LogP contribution in [0.4, 0.5) is 9.59 Å². The van der Waals surface area contributed by atoms with Crippen LogP contribution in [0.3, 0.4) is 0 Å². The average Bonchev–Trinajstić information content (AvgIpc) is 1.94. The van der Waals surface area contributed by atoms with Crippen LogP contribution in [0.5, 0.6) is 0 Å². The topological polar surface area (TPSA) is 105 Å². The molecule has 0 aliphatic heterocycles. The van der Waals surface area contributed by atoms with Gasteiger partial charge < -0.3 is 33.3 Å². The Morgan fingerprint density at radius 1 is 1.20 bits per heavy atom. The molecule has 2 amide bonds. The van der Waals surface area contributed by atoms with Gasteiger partial charge in [-0.3, -0.25) is 4.48 Å². The summed E-state index contributed by atoms with van der Waals surface area (Å²) < 4.78 is 9.53. The predicted octanol–water partition coefficient (Wildman–Crippen LogP) is -3.79. The highest BCUT2D eigenvalue weighted by Crippen LogP contribution is 2.05. The molecule has 15 heavy (non-hydrogen) atoms. The lowest BCUT2D eigenvalue weighted by Crippen LogP contribution is -3.00. The molecule has 0 heterocycles. The van der Waals surface area contributed by atoms with Gasteiger partial charge in [-0.25, -0.2) is 9.59 Å². The van der Waals surface area contributed by atoms with E-state index >= 15 is 0 Å². The zero-order valence-corrected chi connectivity index (χ0v) is 9.65. The van der Waals surface area contributed by atoms with Gasteiger partial charge in [0.1, 0.15) is 0 Å². The molecule has 0 saturated heterocycles. The van der Waals surface area contributed by atoms with Crippen molar-refractivity contribution in [1.29, 1.82) is 0 Å². The average molecular weight is 242 g/mol. The van der Waals surface area contributed by atoms with E-state index < -0.39 is 18.4 Å². The lowest BCUT2D eigenvalue weighted by molar-refractivity contribution is -0.916. The molecule has 0 fully saturated rings. The van der Waals surface area contributed by atoms with Gasteiger partial charge in [0.15, 0.2) is 6.61 Å². The van der Waals surface area contributed by atoms with Crippen molar-refractivity contribution in [3.63, 3.8) is 0 Å². The van der Waals surface area contributed by atoms with E-state index in [4.69, 9.17) is 16.2 Å². The highest BCUT2D eigenvalue weighted by Gasteiger charge is 2.28. The van der Waals surface area contributed by atoms with Crippen LogP contribution >= 0.6 is 0 Å². The number of hydrogen-bond donors (Lipinski definition) is 2. The van der Waals surface area contributed by atoms with Gasteiger partial charge in [-0.05, 0) is 0 Å². The molecule has 0 aromatic carbocycles. The molecule has 90 valence electrons. The molecule has 0 aromatic heterocycles. The first-order valence-corrected chi connectivity index (χ1v) is 3.93. The zero-order valence-electron chi connectivity index (χ0n) is 8.90. The maximum Gasteiger partial charge on any atom is 0.409 e. The molecule has 0 saturated carbocycles. The van der Waals surface area contributed by atoms with Crippen LogP contribution in [-0.2, 0) is 9.47 Å². The summed E-state index contributed by atoms with van der Waals surface area (Å²) in [6, 6.07) is 0. The number of amides is 2. The Kier molecular flexibility index (Phi) is 6.82. The quantitative estimate of drug-likeness (QED) is 0.389. The van der Waals surface area contributed by atoms with Gasteiger partial charge >= 0.3 is 12.2 Å². The van der Waals surface area contributed by atoms with Crippen LogP contribution in [0.1, 0.15) is 0 Å². The normalized spacial score (nSPS) is 12.2. The van der Waals surface area contributed by atoms with Gasteiger partial charge in [0.2, 0.25) is 0 Å². The maximum absolute atomic E-state index is 10.5. The number of halogens is 1. The standard InChI is InChI=1S/C7H15N3O4.ClH/c1-10(2,3)5(14-7(9)12)4-13-6(8)11;/h5H,4H2,1-3H3,(H3-,8,9,11,12);1H. The smallest absolute Gasteiger partial charge is 0.409 e. The Hall–Kier alpha value is -1.21. The highest BCUT2D eigenvalue weighted by molar-refractivity contribution is 5.65. The van der Waals surface area contributed by atoms with Gasteiger partial charge in [-0.2, -0.15) is 0 Å². The van der Waals surface area contributed by atoms with Crippen molar-refractivity contribution in [2.75, 3.05) is 27.7 Å². The number of hydrogen-bond acceptors (Lipinski definition) is 4. The molecule has 1 unspecified atom stereocenters. The molecule has 0 radical (unpaired) electrons. The van der Waals surface area contributed by atoms with E-state index in [0.29, 0.717) is 0 Å². The van der Waals surface area contributed by atoms with Crippen molar-refractivity contribution in [2.24, 2.45) is 11.5 Å². The van der Waals surface area contributed by atoms with Crippen molar-refractivity contribution < 1.29 is 36.0 Å². The molecule has 0 aromatic rings. The van der Waals surface area contributed by atoms with Crippen LogP contribution in [0, 0.1) is 0 Å². The molecule has 0 spiro atoms. The SMILES string of the molecule is C[N+](C)(C)C(COC(N)=O)OC(N)=O.[Cl-]. The number of carbonyl (C=O) groups excluding carboxylic acids is 2. The largest absolute Gasteiger partial charge is 1.00 e. The summed E-state index contributed by atoms with van der Waals surface area (Å²) in [5, 5.41) is 0. The summed E-state index contributed by atoms with van der Waals surface area (Å²) >= 11 is 0. The van der Waals surface area contributed by atoms with Gasteiger partial charge in [0, 0.05) is 0 Å². The minimum Gasteiger partial charge on any atom is -1.00 e. The van der Waals surface area contributed by atoms with E-state index in [-0.39, 0.29) is 23.5 Å². The van der Waals surface area contributed by atoms with Gasteiger partial charge in [-0.1, -0.05) is 0 Å². The maximum atomic E-state index is 10.5. The van der Waals surface area contributed by atoms with E-state index in [0.717, 1.165) is 0 Å². The third-order valence-corrected chi connectivity index (χ3v) is 1.48. The molecule has 1 atom stereocenters. The van der Waals surface area contributed by atoms with Crippen LogP contribution in [-0.4, -0.2) is 50.6 Å². The summed E-state index contributed by atoms with van der Waals surface area (Å²) in [6.45, 7) is -0.123. The third-order valence-electron chi connectivity index (χ3n) is 1.48. The lowest BCUT2D eigenvalue weighted by atomic mass is 10.4. The number of ether oxygens (including phenoxy) is 2. The minimum atomic E-state index is -0.920. The Bertz CT molecular complexity index is 229. The minimum absolute atomic E-state index is 0.